The molecule has 0 aromatic heterocycles. The summed E-state index contributed by atoms with van der Waals surface area (Å²) >= 11 is 0. The molecule has 0 aliphatic heterocycles. The van der Waals surface area contributed by atoms with E-state index in [0.717, 1.165) is 5.71 Å². The van der Waals surface area contributed by atoms with Crippen molar-refractivity contribution in [3.8, 4) is 0 Å². The van der Waals surface area contributed by atoms with Crippen LogP contribution in [0.25, 0.3) is 0 Å². The van der Waals surface area contributed by atoms with E-state index in [4.69, 9.17) is 5.84 Å². The van der Waals surface area contributed by atoms with Gasteiger partial charge in [0, 0.05) is 0 Å². The average Bonchev–Trinajstić information content (AvgIpc) is 1.86. The number of hydrogen-bond acceptors (Lipinski definition) is 2. The summed E-state index contributed by atoms with van der Waals surface area (Å²) in [4.78, 5) is 0. The predicted molar refractivity (Wildman–Crippen MR) is 50.5 cm³/mol. The Hall–Kier alpha value is -0.790. The average molecular weight is 154 g/mol. The van der Waals surface area contributed by atoms with Gasteiger partial charge in [0.15, 0.2) is 0 Å². The molecule has 0 spiro atoms. The normalized spacial score (nSPS) is 15.4. The van der Waals surface area contributed by atoms with Gasteiger partial charge in [-0.05, 0) is 24.8 Å². The van der Waals surface area contributed by atoms with E-state index in [1.165, 1.54) is 5.57 Å². The van der Waals surface area contributed by atoms with Crippen molar-refractivity contribution in [2.45, 2.75) is 34.6 Å². The maximum atomic E-state index is 5.19. The molecule has 2 nitrogen and oxygen atoms in total. The molecule has 0 rings (SSSR count). The molecule has 2 heteroatoms. The molecule has 0 aromatic rings. The second-order valence-corrected chi connectivity index (χ2v) is 3.67. The largest absolute Gasteiger partial charge is 0.323 e. The maximum Gasteiger partial charge on any atom is 0.0603 e. The third-order valence-corrected chi connectivity index (χ3v) is 1.68. The summed E-state index contributed by atoms with van der Waals surface area (Å²) in [6.45, 7) is 10.4. The third kappa shape index (κ3) is 2.74. The van der Waals surface area contributed by atoms with Crippen molar-refractivity contribution in [1.82, 2.24) is 0 Å². The standard InChI is InChI=1S/C9H18N2/c1-6-8(7(2)11-10)9(3,4)5/h6H,10H2,1-5H3/b8-6+,11-7-. The quantitative estimate of drug-likeness (QED) is 0.351. The lowest BCUT2D eigenvalue weighted by molar-refractivity contribution is 0.523. The van der Waals surface area contributed by atoms with Gasteiger partial charge in [0.1, 0.15) is 0 Å². The second-order valence-electron chi connectivity index (χ2n) is 3.67. The summed E-state index contributed by atoms with van der Waals surface area (Å²) in [6, 6.07) is 0. The highest BCUT2D eigenvalue weighted by atomic mass is 15.1. The summed E-state index contributed by atoms with van der Waals surface area (Å²) < 4.78 is 0. The first-order chi connectivity index (χ1) is 4.93. The van der Waals surface area contributed by atoms with Gasteiger partial charge < -0.3 is 5.84 Å². The molecule has 0 amide bonds. The molecule has 64 valence electrons. The lowest BCUT2D eigenvalue weighted by Gasteiger charge is -2.22. The highest BCUT2D eigenvalue weighted by molar-refractivity contribution is 5.98. The second kappa shape index (κ2) is 3.56. The van der Waals surface area contributed by atoms with Crippen molar-refractivity contribution in [2.75, 3.05) is 0 Å². The Labute approximate surface area is 69.2 Å². The van der Waals surface area contributed by atoms with Crippen molar-refractivity contribution < 1.29 is 0 Å². The van der Waals surface area contributed by atoms with Crippen LogP contribution in [0.4, 0.5) is 0 Å². The third-order valence-electron chi connectivity index (χ3n) is 1.68. The Morgan fingerprint density at radius 1 is 1.36 bits per heavy atom. The molecule has 0 fully saturated rings. The van der Waals surface area contributed by atoms with Crippen LogP contribution in [0.5, 0.6) is 0 Å². The van der Waals surface area contributed by atoms with Crippen molar-refractivity contribution in [1.29, 1.82) is 0 Å². The zero-order valence-electron chi connectivity index (χ0n) is 8.10. The van der Waals surface area contributed by atoms with Gasteiger partial charge in [0.05, 0.1) is 5.71 Å². The van der Waals surface area contributed by atoms with Crippen molar-refractivity contribution in [3.63, 3.8) is 0 Å². The molecule has 0 saturated carbocycles. The van der Waals surface area contributed by atoms with Gasteiger partial charge >= 0.3 is 0 Å². The van der Waals surface area contributed by atoms with E-state index in [1.807, 2.05) is 13.8 Å². The molecule has 0 radical (unpaired) electrons. The molecular weight excluding hydrogens is 136 g/mol. The molecule has 0 aromatic carbocycles. The van der Waals surface area contributed by atoms with Crippen molar-refractivity contribution in [3.05, 3.63) is 11.6 Å². The van der Waals surface area contributed by atoms with E-state index in [0.29, 0.717) is 0 Å². The first-order valence-electron chi connectivity index (χ1n) is 3.85. The summed E-state index contributed by atoms with van der Waals surface area (Å²) in [6.07, 6.45) is 2.06. The number of allylic oxidation sites excluding steroid dienone is 2. The van der Waals surface area contributed by atoms with E-state index in [2.05, 4.69) is 31.9 Å². The highest BCUT2D eigenvalue weighted by Crippen LogP contribution is 2.25. The van der Waals surface area contributed by atoms with Crippen LogP contribution in [0.3, 0.4) is 0 Å². The zero-order valence-corrected chi connectivity index (χ0v) is 8.10. The van der Waals surface area contributed by atoms with E-state index < -0.39 is 0 Å². The number of rotatable bonds is 1. The Morgan fingerprint density at radius 3 is 1.91 bits per heavy atom. The number of hydrogen-bond donors (Lipinski definition) is 1. The first kappa shape index (κ1) is 10.2. The molecule has 0 bridgehead atoms. The van der Waals surface area contributed by atoms with Gasteiger partial charge in [-0.25, -0.2) is 0 Å². The van der Waals surface area contributed by atoms with Crippen LogP contribution in [0.1, 0.15) is 34.6 Å². The molecule has 0 unspecified atom stereocenters. The van der Waals surface area contributed by atoms with Gasteiger partial charge in [0.25, 0.3) is 0 Å². The monoisotopic (exact) mass is 154 g/mol. The topological polar surface area (TPSA) is 38.4 Å². The van der Waals surface area contributed by atoms with Crippen molar-refractivity contribution >= 4 is 5.71 Å². The fraction of sp³-hybridized carbons (Fsp3) is 0.667. The molecule has 11 heavy (non-hydrogen) atoms. The van der Waals surface area contributed by atoms with Crippen LogP contribution in [-0.2, 0) is 0 Å². The molecular formula is C9H18N2. The van der Waals surface area contributed by atoms with Gasteiger partial charge in [-0.1, -0.05) is 26.8 Å². The number of nitrogens with zero attached hydrogens (tertiary/aromatic N) is 1. The predicted octanol–water partition coefficient (Wildman–Crippen LogP) is 2.31. The number of hydrazone groups is 1. The molecule has 0 aliphatic carbocycles. The van der Waals surface area contributed by atoms with Gasteiger partial charge in [0.2, 0.25) is 0 Å². The van der Waals surface area contributed by atoms with Crippen LogP contribution in [0.2, 0.25) is 0 Å². The van der Waals surface area contributed by atoms with Crippen LogP contribution < -0.4 is 5.84 Å². The Morgan fingerprint density at radius 2 is 1.82 bits per heavy atom. The summed E-state index contributed by atoms with van der Waals surface area (Å²) in [5.74, 6) is 5.19. The van der Waals surface area contributed by atoms with Crippen LogP contribution in [0.15, 0.2) is 16.8 Å². The lowest BCUT2D eigenvalue weighted by Crippen LogP contribution is -2.16. The molecule has 0 atom stereocenters. The van der Waals surface area contributed by atoms with Crippen LogP contribution in [0, 0.1) is 5.41 Å². The van der Waals surface area contributed by atoms with Crippen molar-refractivity contribution in [2.24, 2.45) is 16.4 Å². The molecule has 2 N–H and O–H groups in total. The molecule has 0 aliphatic rings. The highest BCUT2D eigenvalue weighted by Gasteiger charge is 2.17. The minimum absolute atomic E-state index is 0.141. The van der Waals surface area contributed by atoms with Gasteiger partial charge in [-0.3, -0.25) is 0 Å². The zero-order chi connectivity index (χ0) is 9.07. The summed E-state index contributed by atoms with van der Waals surface area (Å²) in [5.41, 5.74) is 2.27. The first-order valence-corrected chi connectivity index (χ1v) is 3.85. The smallest absolute Gasteiger partial charge is 0.0603 e. The van der Waals surface area contributed by atoms with Crippen LogP contribution in [-0.4, -0.2) is 5.71 Å². The van der Waals surface area contributed by atoms with Gasteiger partial charge in [-0.15, -0.1) is 0 Å². The van der Waals surface area contributed by atoms with E-state index in [1.54, 1.807) is 0 Å². The molecule has 0 saturated heterocycles. The minimum atomic E-state index is 0.141. The maximum absolute atomic E-state index is 5.19. The summed E-state index contributed by atoms with van der Waals surface area (Å²) in [7, 11) is 0. The SMILES string of the molecule is C/C=C(\C(C)=N/N)C(C)(C)C. The Kier molecular flexibility index (Phi) is 3.30. The number of nitrogens with two attached hydrogens (primary N) is 1. The molecule has 0 heterocycles. The Balaban J connectivity index is 4.73. The Bertz CT molecular complexity index is 182. The van der Waals surface area contributed by atoms with E-state index >= 15 is 0 Å². The fourth-order valence-electron chi connectivity index (χ4n) is 1.25. The summed E-state index contributed by atoms with van der Waals surface area (Å²) in [5, 5.41) is 3.67. The lowest BCUT2D eigenvalue weighted by atomic mass is 9.84. The van der Waals surface area contributed by atoms with Crippen LogP contribution >= 0.6 is 0 Å². The van der Waals surface area contributed by atoms with E-state index in [-0.39, 0.29) is 5.41 Å². The van der Waals surface area contributed by atoms with Gasteiger partial charge in [-0.2, -0.15) is 5.10 Å². The minimum Gasteiger partial charge on any atom is -0.323 e. The van der Waals surface area contributed by atoms with E-state index in [9.17, 15) is 0 Å². The fourth-order valence-corrected chi connectivity index (χ4v) is 1.25.